The fourth-order valence-electron chi connectivity index (χ4n) is 4.39. The molecule has 5 heterocycles. The number of carbonyl (C=O) groups is 1. The lowest BCUT2D eigenvalue weighted by Gasteiger charge is -2.33. The van der Waals surface area contributed by atoms with Crippen LogP contribution in [0.15, 0.2) is 12.3 Å². The predicted octanol–water partition coefficient (Wildman–Crippen LogP) is 2.17. The molecule has 2 aromatic rings. The van der Waals surface area contributed by atoms with E-state index in [0.29, 0.717) is 38.4 Å². The Morgan fingerprint density at radius 2 is 1.90 bits per heavy atom. The highest BCUT2D eigenvalue weighted by Gasteiger charge is 2.38. The number of nitrogens with zero attached hydrogens (tertiary/aromatic N) is 7. The first-order chi connectivity index (χ1) is 14.8. The van der Waals surface area contributed by atoms with Crippen LogP contribution in [-0.2, 0) is 24.1 Å². The molecular weight excluding hydrogens is 411 g/mol. The van der Waals surface area contributed by atoms with Crippen LogP contribution in [0.5, 0.6) is 0 Å². The number of fused-ring (bicyclic) bond motifs is 1. The Morgan fingerprint density at radius 3 is 2.61 bits per heavy atom. The van der Waals surface area contributed by atoms with Gasteiger partial charge in [-0.25, -0.2) is 19.9 Å². The number of halogens is 3. The van der Waals surface area contributed by atoms with E-state index in [0.717, 1.165) is 42.8 Å². The summed E-state index contributed by atoms with van der Waals surface area (Å²) in [5.41, 5.74) is 1.90. The van der Waals surface area contributed by atoms with Crippen LogP contribution in [0.2, 0.25) is 0 Å². The van der Waals surface area contributed by atoms with Crippen LogP contribution >= 0.6 is 0 Å². The van der Waals surface area contributed by atoms with Crippen molar-refractivity contribution in [2.24, 2.45) is 5.92 Å². The third-order valence-electron chi connectivity index (χ3n) is 6.10. The maximum absolute atomic E-state index is 13.2. The fraction of sp³-hybridized carbons (Fsp3) is 0.550. The van der Waals surface area contributed by atoms with Crippen molar-refractivity contribution in [2.75, 3.05) is 36.0 Å². The number of hydrogen-bond donors (Lipinski definition) is 0. The third-order valence-corrected chi connectivity index (χ3v) is 6.10. The van der Waals surface area contributed by atoms with E-state index in [-0.39, 0.29) is 17.6 Å². The molecular formula is C20H22F3N7O. The Bertz CT molecular complexity index is 1020. The first-order valence-corrected chi connectivity index (χ1v) is 10.3. The summed E-state index contributed by atoms with van der Waals surface area (Å²) in [6.07, 6.45) is -1.78. The van der Waals surface area contributed by atoms with Gasteiger partial charge in [0, 0.05) is 37.9 Å². The van der Waals surface area contributed by atoms with Crippen LogP contribution in [0.3, 0.4) is 0 Å². The zero-order chi connectivity index (χ0) is 21.8. The monoisotopic (exact) mass is 433 g/mol. The van der Waals surface area contributed by atoms with Gasteiger partial charge in [0.15, 0.2) is 0 Å². The van der Waals surface area contributed by atoms with E-state index in [9.17, 15) is 18.0 Å². The van der Waals surface area contributed by atoms with Crippen molar-refractivity contribution < 1.29 is 18.0 Å². The number of alkyl halides is 3. The van der Waals surface area contributed by atoms with Gasteiger partial charge in [-0.2, -0.15) is 13.2 Å². The molecule has 11 heteroatoms. The highest BCUT2D eigenvalue weighted by molar-refractivity contribution is 5.81. The molecule has 8 nitrogen and oxygen atoms in total. The summed E-state index contributed by atoms with van der Waals surface area (Å²) in [5, 5.41) is 0. The molecule has 0 N–H and O–H groups in total. The maximum Gasteiger partial charge on any atom is 0.451 e. The van der Waals surface area contributed by atoms with Gasteiger partial charge in [-0.1, -0.05) is 0 Å². The molecule has 0 aliphatic carbocycles. The summed E-state index contributed by atoms with van der Waals surface area (Å²) < 4.78 is 38.8. The van der Waals surface area contributed by atoms with Crippen molar-refractivity contribution in [3.8, 4) is 0 Å². The molecule has 1 amide bonds. The van der Waals surface area contributed by atoms with Crippen molar-refractivity contribution in [1.82, 2.24) is 24.8 Å². The summed E-state index contributed by atoms with van der Waals surface area (Å²) in [6.45, 7) is 5.52. The molecule has 0 spiro atoms. The Hall–Kier alpha value is -2.98. The highest BCUT2D eigenvalue weighted by atomic mass is 19.4. The molecule has 0 bridgehead atoms. The van der Waals surface area contributed by atoms with Crippen molar-refractivity contribution >= 4 is 17.5 Å². The van der Waals surface area contributed by atoms with E-state index in [4.69, 9.17) is 0 Å². The lowest BCUT2D eigenvalue weighted by molar-refractivity contribution is -0.145. The SMILES string of the molecule is Cc1nc2c(c(N3CCC3)n1)CN(C(=O)[C@@H]1CCN(c3ccnc(C(F)(F)F)n3)C1)C2. The third kappa shape index (κ3) is 3.66. The predicted molar refractivity (Wildman–Crippen MR) is 105 cm³/mol. The standard InChI is InChI=1S/C20H22F3N7O/c1-12-25-15-11-30(10-14(15)17(26-12)28-6-2-7-28)18(31)13-4-8-29(9-13)16-3-5-24-19(27-16)20(21,22)23/h3,5,13H,2,4,6-11H2,1H3/t13-/m1/s1. The molecule has 0 saturated carbocycles. The van der Waals surface area contributed by atoms with Gasteiger partial charge in [0.2, 0.25) is 11.7 Å². The molecule has 164 valence electrons. The largest absolute Gasteiger partial charge is 0.451 e. The molecule has 0 radical (unpaired) electrons. The fourth-order valence-corrected chi connectivity index (χ4v) is 4.39. The van der Waals surface area contributed by atoms with E-state index < -0.39 is 12.0 Å². The van der Waals surface area contributed by atoms with Gasteiger partial charge in [0.1, 0.15) is 17.5 Å². The number of hydrogen-bond acceptors (Lipinski definition) is 7. The Labute approximate surface area is 177 Å². The maximum atomic E-state index is 13.2. The van der Waals surface area contributed by atoms with Gasteiger partial charge < -0.3 is 14.7 Å². The molecule has 31 heavy (non-hydrogen) atoms. The normalized spacial score (nSPS) is 20.8. The minimum atomic E-state index is -4.60. The van der Waals surface area contributed by atoms with E-state index in [1.807, 2.05) is 6.92 Å². The second-order valence-corrected chi connectivity index (χ2v) is 8.22. The van der Waals surface area contributed by atoms with Crippen molar-refractivity contribution in [1.29, 1.82) is 0 Å². The van der Waals surface area contributed by atoms with Gasteiger partial charge in [-0.05, 0) is 25.8 Å². The number of aromatic nitrogens is 4. The molecule has 0 unspecified atom stereocenters. The van der Waals surface area contributed by atoms with Gasteiger partial charge in [-0.3, -0.25) is 4.79 Å². The van der Waals surface area contributed by atoms with Gasteiger partial charge >= 0.3 is 6.18 Å². The smallest absolute Gasteiger partial charge is 0.356 e. The molecule has 5 rings (SSSR count). The summed E-state index contributed by atoms with van der Waals surface area (Å²) in [7, 11) is 0. The van der Waals surface area contributed by atoms with E-state index in [2.05, 4.69) is 24.8 Å². The highest BCUT2D eigenvalue weighted by Crippen LogP contribution is 2.34. The summed E-state index contributed by atoms with van der Waals surface area (Å²) >= 11 is 0. The van der Waals surface area contributed by atoms with Crippen molar-refractivity contribution in [3.05, 3.63) is 35.2 Å². The number of rotatable bonds is 3. The van der Waals surface area contributed by atoms with E-state index in [1.165, 1.54) is 6.07 Å². The lowest BCUT2D eigenvalue weighted by atomic mass is 10.1. The van der Waals surface area contributed by atoms with Crippen LogP contribution in [0.1, 0.15) is 35.7 Å². The molecule has 3 aliphatic rings. The van der Waals surface area contributed by atoms with E-state index >= 15 is 0 Å². The minimum Gasteiger partial charge on any atom is -0.356 e. The Balaban J connectivity index is 1.29. The Kier molecular flexibility index (Phi) is 4.71. The molecule has 3 aliphatic heterocycles. The molecule has 2 fully saturated rings. The van der Waals surface area contributed by atoms with Crippen LogP contribution < -0.4 is 9.80 Å². The minimum absolute atomic E-state index is 0.00202. The van der Waals surface area contributed by atoms with Gasteiger partial charge in [0.25, 0.3) is 0 Å². The van der Waals surface area contributed by atoms with Crippen LogP contribution in [0, 0.1) is 12.8 Å². The van der Waals surface area contributed by atoms with Crippen molar-refractivity contribution in [3.63, 3.8) is 0 Å². The van der Waals surface area contributed by atoms with Crippen LogP contribution in [0.4, 0.5) is 24.8 Å². The molecule has 0 aromatic carbocycles. The van der Waals surface area contributed by atoms with Crippen molar-refractivity contribution in [2.45, 2.75) is 39.0 Å². The van der Waals surface area contributed by atoms with Crippen LogP contribution in [-0.4, -0.2) is 56.9 Å². The van der Waals surface area contributed by atoms with E-state index in [1.54, 1.807) is 9.80 Å². The first kappa shape index (κ1) is 20.0. The topological polar surface area (TPSA) is 78.4 Å². The molecule has 2 saturated heterocycles. The van der Waals surface area contributed by atoms with Gasteiger partial charge in [0.05, 0.1) is 24.7 Å². The van der Waals surface area contributed by atoms with Crippen LogP contribution in [0.25, 0.3) is 0 Å². The quantitative estimate of drug-likeness (QED) is 0.734. The number of amides is 1. The number of anilines is 2. The second kappa shape index (κ2) is 7.31. The first-order valence-electron chi connectivity index (χ1n) is 10.3. The molecule has 1 atom stereocenters. The lowest BCUT2D eigenvalue weighted by Crippen LogP contribution is -2.39. The summed E-state index contributed by atoms with van der Waals surface area (Å²) in [5.74, 6) is 0.369. The second-order valence-electron chi connectivity index (χ2n) is 8.22. The van der Waals surface area contributed by atoms with Gasteiger partial charge in [-0.15, -0.1) is 0 Å². The summed E-state index contributed by atoms with van der Waals surface area (Å²) in [6, 6.07) is 1.45. The number of carbonyl (C=O) groups excluding carboxylic acids is 1. The summed E-state index contributed by atoms with van der Waals surface area (Å²) in [4.78, 5) is 35.0. The zero-order valence-electron chi connectivity index (χ0n) is 17.1. The average molecular weight is 433 g/mol. The zero-order valence-corrected chi connectivity index (χ0v) is 17.1. The average Bonchev–Trinajstić information content (AvgIpc) is 3.33. The Morgan fingerprint density at radius 1 is 1.10 bits per heavy atom. The number of aryl methyl sites for hydroxylation is 1. The molecule has 2 aromatic heterocycles.